The highest BCUT2D eigenvalue weighted by Gasteiger charge is 2.47. The number of aryl methyl sites for hydroxylation is 2. The summed E-state index contributed by atoms with van der Waals surface area (Å²) >= 11 is 0. The maximum absolute atomic E-state index is 12.6. The fourth-order valence-corrected chi connectivity index (χ4v) is 6.34. The number of sulfonamides is 1. The van der Waals surface area contributed by atoms with Crippen molar-refractivity contribution >= 4 is 21.6 Å². The van der Waals surface area contributed by atoms with Crippen molar-refractivity contribution < 1.29 is 13.2 Å². The third-order valence-corrected chi connectivity index (χ3v) is 8.28. The van der Waals surface area contributed by atoms with E-state index in [1.54, 1.807) is 4.31 Å². The van der Waals surface area contributed by atoms with Crippen molar-refractivity contribution in [2.75, 3.05) is 37.8 Å². The molecule has 0 saturated carbocycles. The summed E-state index contributed by atoms with van der Waals surface area (Å²) in [5.74, 6) is 0.0147. The molecule has 1 aromatic carbocycles. The molecule has 0 bridgehead atoms. The molecule has 0 radical (unpaired) electrons. The Kier molecular flexibility index (Phi) is 6.14. The average Bonchev–Trinajstić information content (AvgIpc) is 2.62. The molecule has 2 aliphatic heterocycles. The summed E-state index contributed by atoms with van der Waals surface area (Å²) in [6.45, 7) is 10.7. The first kappa shape index (κ1) is 22.2. The van der Waals surface area contributed by atoms with Crippen LogP contribution < -0.4 is 5.32 Å². The van der Waals surface area contributed by atoms with Crippen LogP contribution in [0.15, 0.2) is 18.2 Å². The molecule has 162 valence electrons. The SMILES string of the molecule is Cc1cccc(C)c1NC(=O)CN1CCC2(CC1)CCC(C)(C)N(S(C)(=O)=O)C2. The van der Waals surface area contributed by atoms with E-state index in [4.69, 9.17) is 0 Å². The summed E-state index contributed by atoms with van der Waals surface area (Å²) in [7, 11) is -3.23. The van der Waals surface area contributed by atoms with Crippen LogP contribution >= 0.6 is 0 Å². The van der Waals surface area contributed by atoms with Gasteiger partial charge in [0.1, 0.15) is 0 Å². The zero-order chi connectivity index (χ0) is 21.4. The van der Waals surface area contributed by atoms with E-state index in [2.05, 4.69) is 10.2 Å². The highest BCUT2D eigenvalue weighted by molar-refractivity contribution is 7.88. The van der Waals surface area contributed by atoms with E-state index >= 15 is 0 Å². The van der Waals surface area contributed by atoms with Gasteiger partial charge >= 0.3 is 0 Å². The minimum absolute atomic E-state index is 0.0147. The van der Waals surface area contributed by atoms with Crippen molar-refractivity contribution in [2.45, 2.75) is 58.9 Å². The van der Waals surface area contributed by atoms with Crippen LogP contribution in [-0.2, 0) is 14.8 Å². The van der Waals surface area contributed by atoms with Gasteiger partial charge in [0.2, 0.25) is 15.9 Å². The Morgan fingerprint density at radius 1 is 1.07 bits per heavy atom. The number of nitrogens with one attached hydrogen (secondary N) is 1. The first-order chi connectivity index (χ1) is 13.4. The number of anilines is 1. The summed E-state index contributed by atoms with van der Waals surface area (Å²) in [5, 5.41) is 3.07. The van der Waals surface area contributed by atoms with Crippen molar-refractivity contribution in [1.82, 2.24) is 9.21 Å². The van der Waals surface area contributed by atoms with Crippen LogP contribution in [0.2, 0.25) is 0 Å². The molecule has 0 atom stereocenters. The second-order valence-corrected chi connectivity index (χ2v) is 11.6. The lowest BCUT2D eigenvalue weighted by Gasteiger charge is -2.52. The Labute approximate surface area is 175 Å². The van der Waals surface area contributed by atoms with Gasteiger partial charge in [-0.1, -0.05) is 18.2 Å². The number of hydrogen-bond acceptors (Lipinski definition) is 4. The van der Waals surface area contributed by atoms with Crippen molar-refractivity contribution in [2.24, 2.45) is 5.41 Å². The quantitative estimate of drug-likeness (QED) is 0.811. The van der Waals surface area contributed by atoms with Crippen molar-refractivity contribution in [3.8, 4) is 0 Å². The molecule has 7 heteroatoms. The first-order valence-electron chi connectivity index (χ1n) is 10.5. The molecule has 1 spiro atoms. The zero-order valence-corrected chi connectivity index (χ0v) is 19.2. The average molecular weight is 422 g/mol. The van der Waals surface area contributed by atoms with Gasteiger partial charge in [0.25, 0.3) is 0 Å². The smallest absolute Gasteiger partial charge is 0.238 e. The predicted octanol–water partition coefficient (Wildman–Crippen LogP) is 3.16. The van der Waals surface area contributed by atoms with Crippen LogP contribution in [0.5, 0.6) is 0 Å². The van der Waals surface area contributed by atoms with Gasteiger partial charge in [-0.3, -0.25) is 9.69 Å². The molecular weight excluding hydrogens is 386 g/mol. The first-order valence-corrected chi connectivity index (χ1v) is 12.3. The maximum atomic E-state index is 12.6. The number of piperidine rings is 2. The Bertz CT molecular complexity index is 851. The van der Waals surface area contributed by atoms with Gasteiger partial charge in [-0.15, -0.1) is 0 Å². The van der Waals surface area contributed by atoms with Crippen molar-refractivity contribution in [3.05, 3.63) is 29.3 Å². The molecule has 1 N–H and O–H groups in total. The van der Waals surface area contributed by atoms with Crippen LogP contribution in [0.25, 0.3) is 0 Å². The molecule has 0 aliphatic carbocycles. The third-order valence-electron chi connectivity index (χ3n) is 6.85. The molecule has 2 heterocycles. The second kappa shape index (κ2) is 8.00. The van der Waals surface area contributed by atoms with Gasteiger partial charge < -0.3 is 5.32 Å². The monoisotopic (exact) mass is 421 g/mol. The fraction of sp³-hybridized carbons (Fsp3) is 0.682. The Morgan fingerprint density at radius 2 is 1.66 bits per heavy atom. The number of amides is 1. The summed E-state index contributed by atoms with van der Waals surface area (Å²) in [6.07, 6.45) is 5.12. The molecular formula is C22H35N3O3S. The van der Waals surface area contributed by atoms with Crippen LogP contribution in [-0.4, -0.2) is 61.5 Å². The van der Waals surface area contributed by atoms with Crippen molar-refractivity contribution in [3.63, 3.8) is 0 Å². The summed E-state index contributed by atoms with van der Waals surface area (Å²) in [4.78, 5) is 14.8. The number of rotatable bonds is 4. The molecule has 1 aromatic rings. The van der Waals surface area contributed by atoms with Gasteiger partial charge in [-0.05, 0) is 83.0 Å². The van der Waals surface area contributed by atoms with Crippen LogP contribution in [0.4, 0.5) is 5.69 Å². The van der Waals surface area contributed by atoms with E-state index in [-0.39, 0.29) is 16.9 Å². The molecule has 2 fully saturated rings. The van der Waals surface area contributed by atoms with Crippen LogP contribution in [0.3, 0.4) is 0 Å². The highest BCUT2D eigenvalue weighted by atomic mass is 32.2. The normalized spacial score (nSPS) is 22.5. The Morgan fingerprint density at radius 3 is 2.21 bits per heavy atom. The highest BCUT2D eigenvalue weighted by Crippen LogP contribution is 2.45. The largest absolute Gasteiger partial charge is 0.324 e. The number of nitrogens with zero attached hydrogens (tertiary/aromatic N) is 2. The maximum Gasteiger partial charge on any atom is 0.238 e. The Hall–Kier alpha value is -1.44. The number of likely N-dealkylation sites (tertiary alicyclic amines) is 1. The number of benzene rings is 1. The lowest BCUT2D eigenvalue weighted by Crippen LogP contribution is -2.58. The minimum atomic E-state index is -3.23. The fourth-order valence-electron chi connectivity index (χ4n) is 4.85. The molecule has 0 aromatic heterocycles. The number of para-hydroxylation sites is 1. The molecule has 2 saturated heterocycles. The lowest BCUT2D eigenvalue weighted by molar-refractivity contribution is -0.118. The number of carbonyl (C=O) groups is 1. The zero-order valence-electron chi connectivity index (χ0n) is 18.4. The second-order valence-electron chi connectivity index (χ2n) is 9.67. The molecule has 29 heavy (non-hydrogen) atoms. The van der Waals surface area contributed by atoms with E-state index in [0.29, 0.717) is 13.1 Å². The standard InChI is InChI=1S/C22H35N3O3S/c1-17-7-6-8-18(2)20(17)23-19(26)15-24-13-11-22(12-14-24)10-9-21(3,4)25(16-22)29(5,27)28/h6-8H,9-16H2,1-5H3,(H,23,26). The van der Waals surface area contributed by atoms with Crippen LogP contribution in [0, 0.1) is 19.3 Å². The van der Waals surface area contributed by atoms with Gasteiger partial charge in [-0.25, -0.2) is 8.42 Å². The molecule has 1 amide bonds. The van der Waals surface area contributed by atoms with Gasteiger partial charge in [0, 0.05) is 17.8 Å². The predicted molar refractivity (Wildman–Crippen MR) is 118 cm³/mol. The molecule has 0 unspecified atom stereocenters. The summed E-state index contributed by atoms with van der Waals surface area (Å²) in [5.41, 5.74) is 2.77. The Balaban J connectivity index is 1.58. The van der Waals surface area contributed by atoms with E-state index in [1.807, 2.05) is 45.9 Å². The number of carbonyl (C=O) groups excluding carboxylic acids is 1. The lowest BCUT2D eigenvalue weighted by atomic mass is 9.69. The minimum Gasteiger partial charge on any atom is -0.324 e. The molecule has 6 nitrogen and oxygen atoms in total. The van der Waals surface area contributed by atoms with E-state index < -0.39 is 10.0 Å². The van der Waals surface area contributed by atoms with E-state index in [1.165, 1.54) is 6.26 Å². The topological polar surface area (TPSA) is 69.7 Å². The van der Waals surface area contributed by atoms with E-state index in [0.717, 1.165) is 55.6 Å². The van der Waals surface area contributed by atoms with Gasteiger partial charge in [0.05, 0.1) is 12.8 Å². The van der Waals surface area contributed by atoms with Gasteiger partial charge in [-0.2, -0.15) is 4.31 Å². The molecule has 2 aliphatic rings. The molecule has 3 rings (SSSR count). The number of hydrogen-bond donors (Lipinski definition) is 1. The summed E-state index contributed by atoms with van der Waals surface area (Å²) < 4.78 is 26.4. The van der Waals surface area contributed by atoms with Crippen molar-refractivity contribution in [1.29, 1.82) is 0 Å². The van der Waals surface area contributed by atoms with Crippen LogP contribution in [0.1, 0.15) is 50.7 Å². The summed E-state index contributed by atoms with van der Waals surface area (Å²) in [6, 6.07) is 6.01. The van der Waals surface area contributed by atoms with E-state index in [9.17, 15) is 13.2 Å². The van der Waals surface area contributed by atoms with Gasteiger partial charge in [0.15, 0.2) is 0 Å². The third kappa shape index (κ3) is 5.01.